The van der Waals surface area contributed by atoms with Crippen LogP contribution in [0.15, 0.2) is 0 Å². The molecule has 2 saturated heterocycles. The van der Waals surface area contributed by atoms with Crippen LogP contribution < -0.4 is 0 Å². The predicted octanol–water partition coefficient (Wildman–Crippen LogP) is 7.49. The van der Waals surface area contributed by atoms with Crippen molar-refractivity contribution in [1.29, 1.82) is 0 Å². The molecule has 0 aromatic rings. The van der Waals surface area contributed by atoms with Gasteiger partial charge in [0.1, 0.15) is 18.3 Å². The first kappa shape index (κ1) is 41.4. The van der Waals surface area contributed by atoms with Crippen LogP contribution in [0.25, 0.3) is 0 Å². The minimum atomic E-state index is -9.25. The van der Waals surface area contributed by atoms with Crippen molar-refractivity contribution >= 4 is 0 Å². The summed E-state index contributed by atoms with van der Waals surface area (Å²) in [5.74, 6) is -77.2. The third-order valence-electron chi connectivity index (χ3n) is 6.36. The first-order chi connectivity index (χ1) is 20.6. The van der Waals surface area contributed by atoms with Crippen molar-refractivity contribution in [3.63, 3.8) is 0 Å². The van der Waals surface area contributed by atoms with Gasteiger partial charge in [0.2, 0.25) is 12.5 Å². The van der Waals surface area contributed by atoms with Gasteiger partial charge in [-0.15, -0.1) is 0 Å². The van der Waals surface area contributed by atoms with E-state index in [-0.39, 0.29) is 13.2 Å². The molecule has 5 atom stereocenters. The Hall–Kier alpha value is -1.77. The molecule has 2 aliphatic rings. The average molecular weight is 756 g/mol. The summed E-state index contributed by atoms with van der Waals surface area (Å²) in [7, 11) is 0. The minimum Gasteiger partial charge on any atom is -0.371 e. The molecule has 2 rings (SSSR count). The lowest BCUT2D eigenvalue weighted by atomic mass is 9.85. The second-order valence-electron chi connectivity index (χ2n) is 9.93. The SMILES string of the molecule is FC(OCC1CO1)C(CC(F)(F)C(F)(F)C(F)(F)C(F)(F)C(F)(F)C(F)(F)C(F)(F)C(F)(F)C(F)C(F)(F)C(F)(F)F)OCC1CO1. The summed E-state index contributed by atoms with van der Waals surface area (Å²) in [5, 5.41) is 0. The molecule has 0 aromatic heterocycles. The van der Waals surface area contributed by atoms with E-state index in [1.165, 1.54) is 0 Å². The Labute approximate surface area is 244 Å². The normalized spacial score (nSPS) is 23.0. The number of hydrogen-bond donors (Lipinski definition) is 0. The van der Waals surface area contributed by atoms with Gasteiger partial charge in [0.05, 0.1) is 26.4 Å². The molecule has 0 N–H and O–H groups in total. The molecule has 0 spiro atoms. The van der Waals surface area contributed by atoms with Gasteiger partial charge in [-0.25, -0.2) is 8.78 Å². The van der Waals surface area contributed by atoms with Gasteiger partial charge in [-0.2, -0.15) is 92.2 Å². The van der Waals surface area contributed by atoms with Crippen molar-refractivity contribution in [2.45, 2.75) is 96.7 Å². The van der Waals surface area contributed by atoms with Crippen molar-refractivity contribution in [2.75, 3.05) is 26.4 Å². The van der Waals surface area contributed by atoms with Crippen LogP contribution in [0.1, 0.15) is 6.42 Å². The molecule has 5 unspecified atom stereocenters. The maximum absolute atomic E-state index is 14.4. The molecule has 2 heterocycles. The lowest BCUT2D eigenvalue weighted by Crippen LogP contribution is -2.76. The number of alkyl halides is 23. The van der Waals surface area contributed by atoms with Crippen LogP contribution in [0.2, 0.25) is 0 Å². The quantitative estimate of drug-likeness (QED) is 0.108. The van der Waals surface area contributed by atoms with Crippen LogP contribution in [-0.2, 0) is 18.9 Å². The van der Waals surface area contributed by atoms with Gasteiger partial charge >= 0.3 is 59.5 Å². The molecule has 280 valence electrons. The van der Waals surface area contributed by atoms with E-state index in [0.717, 1.165) is 0 Å². The van der Waals surface area contributed by atoms with Crippen molar-refractivity contribution in [3.8, 4) is 0 Å². The van der Waals surface area contributed by atoms with Gasteiger partial charge in [-0.05, 0) is 0 Å². The van der Waals surface area contributed by atoms with Gasteiger partial charge < -0.3 is 18.9 Å². The summed E-state index contributed by atoms with van der Waals surface area (Å²) in [6.45, 7) is -2.34. The second-order valence-corrected chi connectivity index (χ2v) is 9.93. The fraction of sp³-hybridized carbons (Fsp3) is 1.00. The number of hydrogen-bond acceptors (Lipinski definition) is 4. The van der Waals surface area contributed by atoms with Gasteiger partial charge in [-0.3, -0.25) is 0 Å². The molecule has 2 aliphatic heterocycles. The van der Waals surface area contributed by atoms with Gasteiger partial charge in [0.15, 0.2) is 0 Å². The Kier molecular flexibility index (Phi) is 10.8. The van der Waals surface area contributed by atoms with E-state index in [1.807, 2.05) is 0 Å². The zero-order chi connectivity index (χ0) is 37.3. The zero-order valence-electron chi connectivity index (χ0n) is 21.7. The molecule has 0 aliphatic carbocycles. The molecular formula is C20H15F23O4. The summed E-state index contributed by atoms with van der Waals surface area (Å²) in [6, 6.07) is 0. The third-order valence-corrected chi connectivity index (χ3v) is 6.36. The van der Waals surface area contributed by atoms with Crippen LogP contribution in [0.4, 0.5) is 101 Å². The van der Waals surface area contributed by atoms with E-state index in [2.05, 4.69) is 18.9 Å². The highest BCUT2D eigenvalue weighted by atomic mass is 19.4. The molecule has 0 radical (unpaired) electrons. The van der Waals surface area contributed by atoms with Gasteiger partial charge in [0, 0.05) is 6.42 Å². The van der Waals surface area contributed by atoms with E-state index in [0.29, 0.717) is 0 Å². The summed E-state index contributed by atoms with van der Waals surface area (Å²) in [6.07, 6.45) is -26.8. The van der Waals surface area contributed by atoms with Crippen molar-refractivity contribution in [3.05, 3.63) is 0 Å². The van der Waals surface area contributed by atoms with Crippen LogP contribution in [0.3, 0.4) is 0 Å². The Morgan fingerprint density at radius 2 is 0.830 bits per heavy atom. The largest absolute Gasteiger partial charge is 0.456 e. The fourth-order valence-corrected chi connectivity index (χ4v) is 3.23. The molecular weight excluding hydrogens is 741 g/mol. The Morgan fingerprint density at radius 3 is 1.19 bits per heavy atom. The fourth-order valence-electron chi connectivity index (χ4n) is 3.23. The van der Waals surface area contributed by atoms with E-state index in [4.69, 9.17) is 0 Å². The summed E-state index contributed by atoms with van der Waals surface area (Å²) < 4.78 is 331. The molecule has 0 saturated carbocycles. The highest BCUT2D eigenvalue weighted by molar-refractivity contribution is 5.17. The van der Waals surface area contributed by atoms with Crippen LogP contribution in [0.5, 0.6) is 0 Å². The topological polar surface area (TPSA) is 43.5 Å². The number of halogens is 23. The Morgan fingerprint density at radius 1 is 0.489 bits per heavy atom. The van der Waals surface area contributed by atoms with Crippen LogP contribution >= 0.6 is 0 Å². The summed E-state index contributed by atoms with van der Waals surface area (Å²) >= 11 is 0. The Bertz CT molecular complexity index is 1080. The maximum atomic E-state index is 14.4. The molecule has 0 aromatic carbocycles. The van der Waals surface area contributed by atoms with E-state index in [9.17, 15) is 101 Å². The lowest BCUT2D eigenvalue weighted by Gasteiger charge is -2.44. The van der Waals surface area contributed by atoms with E-state index >= 15 is 0 Å². The third kappa shape index (κ3) is 6.86. The minimum absolute atomic E-state index is 0.149. The van der Waals surface area contributed by atoms with Crippen molar-refractivity contribution < 1.29 is 120 Å². The van der Waals surface area contributed by atoms with Gasteiger partial charge in [-0.1, -0.05) is 0 Å². The maximum Gasteiger partial charge on any atom is 0.456 e. The first-order valence-corrected chi connectivity index (χ1v) is 11.8. The van der Waals surface area contributed by atoms with Crippen molar-refractivity contribution in [1.82, 2.24) is 0 Å². The second kappa shape index (κ2) is 12.2. The molecule has 47 heavy (non-hydrogen) atoms. The van der Waals surface area contributed by atoms with E-state index in [1.54, 1.807) is 0 Å². The molecule has 0 bridgehead atoms. The molecule has 4 nitrogen and oxygen atoms in total. The Balaban J connectivity index is 2.50. The summed E-state index contributed by atoms with van der Waals surface area (Å²) in [5.41, 5.74) is 0. The standard InChI is InChI=1S/C20H15F23O4/c21-9(47-5-7-3-45-7)8(46-4-6-2-44-6)1-11(23,24)14(29,30)16(33,34)18(37,38)19(39,40)17(35,36)15(31,32)12(25,26)10(22)13(27,28)20(41,42)43/h6-10H,1-5H2. The monoisotopic (exact) mass is 756 g/mol. The highest BCUT2D eigenvalue weighted by Gasteiger charge is 2.96. The highest BCUT2D eigenvalue weighted by Crippen LogP contribution is 2.65. The lowest BCUT2D eigenvalue weighted by molar-refractivity contribution is -0.460. The predicted molar refractivity (Wildman–Crippen MR) is 100 cm³/mol. The summed E-state index contributed by atoms with van der Waals surface area (Å²) in [4.78, 5) is 0. The number of epoxide rings is 2. The zero-order valence-corrected chi connectivity index (χ0v) is 21.7. The van der Waals surface area contributed by atoms with Crippen molar-refractivity contribution in [2.24, 2.45) is 0 Å². The first-order valence-electron chi connectivity index (χ1n) is 11.8. The van der Waals surface area contributed by atoms with Crippen LogP contribution in [0, 0.1) is 0 Å². The molecule has 27 heteroatoms. The number of rotatable bonds is 18. The molecule has 2 fully saturated rings. The number of ether oxygens (including phenoxy) is 4. The van der Waals surface area contributed by atoms with Gasteiger partial charge in [0.25, 0.3) is 0 Å². The van der Waals surface area contributed by atoms with E-state index < -0.39 is 110 Å². The van der Waals surface area contributed by atoms with Crippen LogP contribution in [-0.4, -0.2) is 117 Å². The smallest absolute Gasteiger partial charge is 0.371 e. The average Bonchev–Trinajstić information content (AvgIpc) is 3.83. The molecule has 0 amide bonds.